The molecule has 7 heteroatoms. The summed E-state index contributed by atoms with van der Waals surface area (Å²) in [7, 11) is 1.85. The van der Waals surface area contributed by atoms with Gasteiger partial charge >= 0.3 is 6.18 Å². The second-order valence-electron chi connectivity index (χ2n) is 3.34. The van der Waals surface area contributed by atoms with Gasteiger partial charge in [0.15, 0.2) is 0 Å². The Bertz CT molecular complexity index is 311. The smallest absolute Gasteiger partial charge is 0.371 e. The van der Waals surface area contributed by atoms with E-state index in [1.807, 2.05) is 11.6 Å². The minimum atomic E-state index is -4.25. The monoisotopic (exact) mass is 237 g/mol. The van der Waals surface area contributed by atoms with Crippen molar-refractivity contribution >= 4 is 0 Å². The molecule has 0 bridgehead atoms. The molecular weight excluding hydrogens is 223 g/mol. The Kier molecular flexibility index (Phi) is 4.75. The summed E-state index contributed by atoms with van der Waals surface area (Å²) in [4.78, 5) is 3.91. The van der Waals surface area contributed by atoms with Gasteiger partial charge in [-0.05, 0) is 0 Å². The van der Waals surface area contributed by atoms with Crippen molar-refractivity contribution in [2.75, 3.05) is 19.8 Å². The third kappa shape index (κ3) is 5.13. The molecule has 0 fully saturated rings. The molecule has 0 unspecified atom stereocenters. The molecular formula is C9H14F3N3O. The standard InChI is InChI=1S/C9H14F3N3O/c1-15-7-14-5-8(15)4-13-2-3-16-6-9(10,11)12/h5,7,13H,2-4,6H2,1H3. The second kappa shape index (κ2) is 5.86. The van der Waals surface area contributed by atoms with Gasteiger partial charge in [0.2, 0.25) is 0 Å². The van der Waals surface area contributed by atoms with E-state index in [9.17, 15) is 13.2 Å². The maximum atomic E-state index is 11.7. The van der Waals surface area contributed by atoms with E-state index in [1.165, 1.54) is 0 Å². The van der Waals surface area contributed by atoms with Crippen molar-refractivity contribution < 1.29 is 17.9 Å². The third-order valence-electron chi connectivity index (χ3n) is 1.91. The predicted molar refractivity (Wildman–Crippen MR) is 51.8 cm³/mol. The number of rotatable bonds is 6. The summed E-state index contributed by atoms with van der Waals surface area (Å²) in [5.41, 5.74) is 0.968. The number of alkyl halides is 3. The molecule has 92 valence electrons. The molecule has 0 saturated heterocycles. The van der Waals surface area contributed by atoms with E-state index >= 15 is 0 Å². The normalized spacial score (nSPS) is 12.0. The Morgan fingerprint density at radius 1 is 1.50 bits per heavy atom. The molecule has 1 aromatic heterocycles. The molecule has 0 saturated carbocycles. The number of aromatic nitrogens is 2. The van der Waals surface area contributed by atoms with Crippen LogP contribution < -0.4 is 5.32 Å². The highest BCUT2D eigenvalue weighted by molar-refractivity contribution is 4.96. The number of nitrogens with zero attached hydrogens (tertiary/aromatic N) is 2. The highest BCUT2D eigenvalue weighted by Crippen LogP contribution is 2.13. The molecule has 16 heavy (non-hydrogen) atoms. The van der Waals surface area contributed by atoms with Crippen LogP contribution in [-0.2, 0) is 18.3 Å². The average molecular weight is 237 g/mol. The first-order chi connectivity index (χ1) is 7.49. The van der Waals surface area contributed by atoms with Gasteiger partial charge in [-0.1, -0.05) is 0 Å². The lowest BCUT2D eigenvalue weighted by molar-refractivity contribution is -0.173. The van der Waals surface area contributed by atoms with Gasteiger partial charge in [0, 0.05) is 26.3 Å². The van der Waals surface area contributed by atoms with Crippen LogP contribution in [0.3, 0.4) is 0 Å². The van der Waals surface area contributed by atoms with Crippen LogP contribution in [0.15, 0.2) is 12.5 Å². The Hall–Kier alpha value is -1.08. The van der Waals surface area contributed by atoms with Crippen molar-refractivity contribution in [3.63, 3.8) is 0 Å². The van der Waals surface area contributed by atoms with Crippen LogP contribution in [0.25, 0.3) is 0 Å². The first-order valence-electron chi connectivity index (χ1n) is 4.79. The zero-order valence-electron chi connectivity index (χ0n) is 8.92. The molecule has 0 atom stereocenters. The number of ether oxygens (including phenoxy) is 1. The molecule has 1 N–H and O–H groups in total. The van der Waals surface area contributed by atoms with Crippen molar-refractivity contribution in [1.82, 2.24) is 14.9 Å². The number of nitrogens with one attached hydrogen (secondary N) is 1. The minimum Gasteiger partial charge on any atom is -0.371 e. The Labute approximate surface area is 91.4 Å². The van der Waals surface area contributed by atoms with Crippen LogP contribution in [0, 0.1) is 0 Å². The van der Waals surface area contributed by atoms with Crippen molar-refractivity contribution in [1.29, 1.82) is 0 Å². The number of halogens is 3. The van der Waals surface area contributed by atoms with Crippen LogP contribution in [0.4, 0.5) is 13.2 Å². The largest absolute Gasteiger partial charge is 0.411 e. The lowest BCUT2D eigenvalue weighted by Gasteiger charge is -2.08. The molecule has 4 nitrogen and oxygen atoms in total. The van der Waals surface area contributed by atoms with Crippen molar-refractivity contribution in [3.8, 4) is 0 Å². The van der Waals surface area contributed by atoms with Gasteiger partial charge < -0.3 is 14.6 Å². The Morgan fingerprint density at radius 3 is 2.81 bits per heavy atom. The number of imidazole rings is 1. The van der Waals surface area contributed by atoms with E-state index in [0.717, 1.165) is 5.69 Å². The van der Waals surface area contributed by atoms with Crippen LogP contribution in [0.1, 0.15) is 5.69 Å². The van der Waals surface area contributed by atoms with Gasteiger partial charge in [-0.25, -0.2) is 4.98 Å². The van der Waals surface area contributed by atoms with Crippen LogP contribution in [0.2, 0.25) is 0 Å². The lowest BCUT2D eigenvalue weighted by Crippen LogP contribution is -2.24. The molecule has 1 rings (SSSR count). The maximum Gasteiger partial charge on any atom is 0.411 e. The van der Waals surface area contributed by atoms with Crippen LogP contribution in [-0.4, -0.2) is 35.5 Å². The van der Waals surface area contributed by atoms with Crippen LogP contribution >= 0.6 is 0 Å². The van der Waals surface area contributed by atoms with Gasteiger partial charge in [-0.3, -0.25) is 0 Å². The first kappa shape index (κ1) is 13.0. The molecule has 0 amide bonds. The molecule has 0 aliphatic rings. The number of hydrogen-bond donors (Lipinski definition) is 1. The molecule has 0 aliphatic carbocycles. The fraction of sp³-hybridized carbons (Fsp3) is 0.667. The molecule has 0 radical (unpaired) electrons. The predicted octanol–water partition coefficient (Wildman–Crippen LogP) is 1.09. The van der Waals surface area contributed by atoms with E-state index in [1.54, 1.807) is 12.5 Å². The summed E-state index contributed by atoms with van der Waals surface area (Å²) < 4.78 is 41.3. The SMILES string of the molecule is Cn1cncc1CNCCOCC(F)(F)F. The topological polar surface area (TPSA) is 39.1 Å². The second-order valence-corrected chi connectivity index (χ2v) is 3.34. The van der Waals surface area contributed by atoms with E-state index < -0.39 is 12.8 Å². The van der Waals surface area contributed by atoms with Crippen molar-refractivity contribution in [2.45, 2.75) is 12.7 Å². The summed E-state index contributed by atoms with van der Waals surface area (Å²) in [5, 5.41) is 2.96. The van der Waals surface area contributed by atoms with Crippen LogP contribution in [0.5, 0.6) is 0 Å². The zero-order valence-corrected chi connectivity index (χ0v) is 8.92. The fourth-order valence-electron chi connectivity index (χ4n) is 1.10. The third-order valence-corrected chi connectivity index (χ3v) is 1.91. The van der Waals surface area contributed by atoms with Gasteiger partial charge in [-0.2, -0.15) is 13.2 Å². The molecule has 0 spiro atoms. The molecule has 1 aromatic rings. The number of hydrogen-bond acceptors (Lipinski definition) is 3. The molecule has 0 aromatic carbocycles. The highest BCUT2D eigenvalue weighted by atomic mass is 19.4. The summed E-state index contributed by atoms with van der Waals surface area (Å²) >= 11 is 0. The molecule has 1 heterocycles. The Balaban J connectivity index is 2.03. The van der Waals surface area contributed by atoms with E-state index in [2.05, 4.69) is 15.0 Å². The first-order valence-corrected chi connectivity index (χ1v) is 4.79. The lowest BCUT2D eigenvalue weighted by atomic mass is 10.4. The van der Waals surface area contributed by atoms with Gasteiger partial charge in [0.05, 0.1) is 18.6 Å². The quantitative estimate of drug-likeness (QED) is 0.753. The fourth-order valence-corrected chi connectivity index (χ4v) is 1.10. The zero-order chi connectivity index (χ0) is 12.0. The maximum absolute atomic E-state index is 11.7. The summed E-state index contributed by atoms with van der Waals surface area (Å²) in [6.07, 6.45) is -0.886. The summed E-state index contributed by atoms with van der Waals surface area (Å²) in [5.74, 6) is 0. The number of aryl methyl sites for hydroxylation is 1. The summed E-state index contributed by atoms with van der Waals surface area (Å²) in [6.45, 7) is -0.217. The van der Waals surface area contributed by atoms with Crippen molar-refractivity contribution in [3.05, 3.63) is 18.2 Å². The average Bonchev–Trinajstić information content (AvgIpc) is 2.56. The van der Waals surface area contributed by atoms with Gasteiger partial charge in [0.25, 0.3) is 0 Å². The van der Waals surface area contributed by atoms with Gasteiger partial charge in [0.1, 0.15) is 6.61 Å². The van der Waals surface area contributed by atoms with Crippen molar-refractivity contribution in [2.24, 2.45) is 7.05 Å². The van der Waals surface area contributed by atoms with E-state index in [4.69, 9.17) is 0 Å². The summed E-state index contributed by atoms with van der Waals surface area (Å²) in [6, 6.07) is 0. The van der Waals surface area contributed by atoms with E-state index in [-0.39, 0.29) is 6.61 Å². The highest BCUT2D eigenvalue weighted by Gasteiger charge is 2.27. The van der Waals surface area contributed by atoms with Gasteiger partial charge in [-0.15, -0.1) is 0 Å². The minimum absolute atomic E-state index is 0.0390. The molecule has 0 aliphatic heterocycles. The van der Waals surface area contributed by atoms with E-state index in [0.29, 0.717) is 13.1 Å². The Morgan fingerprint density at radius 2 is 2.25 bits per heavy atom.